The number of benzene rings is 1. The first-order valence-electron chi connectivity index (χ1n) is 7.97. The summed E-state index contributed by atoms with van der Waals surface area (Å²) >= 11 is 0. The van der Waals surface area contributed by atoms with Gasteiger partial charge in [-0.05, 0) is 25.3 Å². The molecular weight excluding hydrogens is 305 g/mol. The van der Waals surface area contributed by atoms with Crippen LogP contribution in [0.5, 0.6) is 0 Å². The van der Waals surface area contributed by atoms with Gasteiger partial charge in [-0.15, -0.1) is 0 Å². The zero-order valence-electron chi connectivity index (χ0n) is 13.1. The van der Waals surface area contributed by atoms with Gasteiger partial charge in [0.05, 0.1) is 0 Å². The molecule has 0 N–H and O–H groups in total. The molecule has 2 fully saturated rings. The van der Waals surface area contributed by atoms with E-state index in [9.17, 15) is 18.0 Å². The molecule has 126 valence electrons. The normalized spacial score (nSPS) is 24.5. The lowest BCUT2D eigenvalue weighted by molar-refractivity contribution is -0.200. The van der Waals surface area contributed by atoms with Crippen molar-refractivity contribution in [2.75, 3.05) is 19.6 Å². The first-order chi connectivity index (χ1) is 10.8. The Labute approximate surface area is 134 Å². The number of nitrogens with zero attached hydrogens (tertiary/aromatic N) is 2. The van der Waals surface area contributed by atoms with E-state index in [2.05, 4.69) is 4.90 Å². The van der Waals surface area contributed by atoms with Gasteiger partial charge in [0.1, 0.15) is 5.41 Å². The zero-order valence-corrected chi connectivity index (χ0v) is 13.1. The van der Waals surface area contributed by atoms with Crippen LogP contribution in [-0.2, 0) is 11.3 Å². The molecule has 0 spiro atoms. The van der Waals surface area contributed by atoms with E-state index in [0.29, 0.717) is 19.6 Å². The van der Waals surface area contributed by atoms with Crippen LogP contribution in [0.3, 0.4) is 0 Å². The van der Waals surface area contributed by atoms with Gasteiger partial charge in [-0.3, -0.25) is 9.69 Å². The third-order valence-corrected chi connectivity index (χ3v) is 4.92. The summed E-state index contributed by atoms with van der Waals surface area (Å²) in [6.45, 7) is 4.18. The van der Waals surface area contributed by atoms with Gasteiger partial charge in [-0.2, -0.15) is 13.2 Å². The summed E-state index contributed by atoms with van der Waals surface area (Å²) < 4.78 is 39.4. The number of amides is 1. The SMILES string of the molecule is CC1CN(Cc2ccccc2)CCN1C(=O)C1(C(F)(F)F)CC1. The van der Waals surface area contributed by atoms with Crippen molar-refractivity contribution in [3.63, 3.8) is 0 Å². The van der Waals surface area contributed by atoms with Crippen LogP contribution in [0.4, 0.5) is 13.2 Å². The molecule has 0 bridgehead atoms. The molecule has 1 saturated carbocycles. The van der Waals surface area contributed by atoms with Crippen molar-refractivity contribution in [3.05, 3.63) is 35.9 Å². The molecule has 3 nitrogen and oxygen atoms in total. The van der Waals surface area contributed by atoms with Crippen molar-refractivity contribution >= 4 is 5.91 Å². The van der Waals surface area contributed by atoms with Gasteiger partial charge >= 0.3 is 6.18 Å². The third-order valence-electron chi connectivity index (χ3n) is 4.92. The summed E-state index contributed by atoms with van der Waals surface area (Å²) in [5.41, 5.74) is -0.920. The Hall–Kier alpha value is -1.56. The molecule has 1 aliphatic carbocycles. The summed E-state index contributed by atoms with van der Waals surface area (Å²) in [7, 11) is 0. The minimum atomic E-state index is -4.43. The van der Waals surface area contributed by atoms with E-state index in [1.165, 1.54) is 10.5 Å². The Bertz CT molecular complexity index is 569. The molecule has 1 aromatic rings. The number of alkyl halides is 3. The van der Waals surface area contributed by atoms with E-state index in [4.69, 9.17) is 0 Å². The van der Waals surface area contributed by atoms with Crippen molar-refractivity contribution in [2.45, 2.75) is 38.5 Å². The van der Waals surface area contributed by atoms with Crippen molar-refractivity contribution in [1.82, 2.24) is 9.80 Å². The van der Waals surface area contributed by atoms with Crippen LogP contribution in [0.1, 0.15) is 25.3 Å². The Kier molecular flexibility index (Phi) is 4.12. The predicted molar refractivity (Wildman–Crippen MR) is 80.6 cm³/mol. The fourth-order valence-electron chi connectivity index (χ4n) is 3.34. The van der Waals surface area contributed by atoms with Gasteiger partial charge in [0.2, 0.25) is 5.91 Å². The molecule has 1 unspecified atom stereocenters. The molecule has 0 radical (unpaired) electrons. The molecule has 0 aromatic heterocycles. The van der Waals surface area contributed by atoms with E-state index in [1.54, 1.807) is 0 Å². The second kappa shape index (κ2) is 5.82. The van der Waals surface area contributed by atoms with Gasteiger partial charge in [0, 0.05) is 32.2 Å². The number of rotatable bonds is 3. The molecule has 3 rings (SSSR count). The van der Waals surface area contributed by atoms with Crippen LogP contribution >= 0.6 is 0 Å². The molecule has 2 aliphatic rings. The lowest BCUT2D eigenvalue weighted by atomic mass is 10.0. The molecule has 1 amide bonds. The van der Waals surface area contributed by atoms with E-state index in [-0.39, 0.29) is 18.9 Å². The van der Waals surface area contributed by atoms with Gasteiger partial charge < -0.3 is 4.90 Å². The first kappa shape index (κ1) is 16.3. The number of halogens is 3. The van der Waals surface area contributed by atoms with Crippen molar-refractivity contribution < 1.29 is 18.0 Å². The second-order valence-corrected chi connectivity index (χ2v) is 6.65. The maximum Gasteiger partial charge on any atom is 0.403 e. The van der Waals surface area contributed by atoms with Crippen LogP contribution in [0.25, 0.3) is 0 Å². The number of hydrogen-bond acceptors (Lipinski definition) is 2. The topological polar surface area (TPSA) is 23.6 Å². The average Bonchev–Trinajstić information content (AvgIpc) is 3.29. The number of hydrogen-bond donors (Lipinski definition) is 0. The monoisotopic (exact) mass is 326 g/mol. The summed E-state index contributed by atoms with van der Waals surface area (Å²) in [6, 6.07) is 9.77. The molecule has 1 aromatic carbocycles. The highest BCUT2D eigenvalue weighted by Crippen LogP contribution is 2.58. The average molecular weight is 326 g/mol. The standard InChI is InChI=1S/C17H21F3N2O/c1-13-11-21(12-14-5-3-2-4-6-14)9-10-22(13)15(23)16(7-8-16)17(18,19)20/h2-6,13H,7-12H2,1H3. The highest BCUT2D eigenvalue weighted by molar-refractivity contribution is 5.86. The molecule has 1 saturated heterocycles. The number of piperazine rings is 1. The van der Waals surface area contributed by atoms with Crippen LogP contribution in [0, 0.1) is 5.41 Å². The molecular formula is C17H21F3N2O. The number of carbonyl (C=O) groups excluding carboxylic acids is 1. The van der Waals surface area contributed by atoms with Crippen molar-refractivity contribution in [1.29, 1.82) is 0 Å². The van der Waals surface area contributed by atoms with E-state index < -0.39 is 17.5 Å². The van der Waals surface area contributed by atoms with Gasteiger partial charge in [0.15, 0.2) is 0 Å². The van der Waals surface area contributed by atoms with Crippen LogP contribution in [-0.4, -0.2) is 47.6 Å². The Morgan fingerprint density at radius 2 is 1.87 bits per heavy atom. The molecule has 1 aliphatic heterocycles. The van der Waals surface area contributed by atoms with Crippen LogP contribution in [0.2, 0.25) is 0 Å². The predicted octanol–water partition coefficient (Wildman–Crippen LogP) is 3.06. The second-order valence-electron chi connectivity index (χ2n) is 6.65. The Balaban J connectivity index is 1.62. The largest absolute Gasteiger partial charge is 0.403 e. The number of carbonyl (C=O) groups is 1. The zero-order chi connectivity index (χ0) is 16.7. The smallest absolute Gasteiger partial charge is 0.337 e. The summed E-state index contributed by atoms with van der Waals surface area (Å²) in [5, 5.41) is 0. The minimum absolute atomic E-state index is 0.0632. The molecule has 1 heterocycles. The van der Waals surface area contributed by atoms with Crippen LogP contribution < -0.4 is 0 Å². The quantitative estimate of drug-likeness (QED) is 0.852. The fraction of sp³-hybridized carbons (Fsp3) is 0.588. The fourth-order valence-corrected chi connectivity index (χ4v) is 3.34. The maximum absolute atomic E-state index is 13.1. The summed E-state index contributed by atoms with van der Waals surface area (Å²) in [5.74, 6) is -0.725. The van der Waals surface area contributed by atoms with E-state index >= 15 is 0 Å². The van der Waals surface area contributed by atoms with Gasteiger partial charge in [0.25, 0.3) is 0 Å². The molecule has 6 heteroatoms. The van der Waals surface area contributed by atoms with Crippen molar-refractivity contribution in [2.24, 2.45) is 5.41 Å². The van der Waals surface area contributed by atoms with E-state index in [1.807, 2.05) is 37.3 Å². The summed E-state index contributed by atoms with van der Waals surface area (Å²) in [4.78, 5) is 16.0. The molecule has 1 atom stereocenters. The van der Waals surface area contributed by atoms with Crippen LogP contribution in [0.15, 0.2) is 30.3 Å². The highest BCUT2D eigenvalue weighted by atomic mass is 19.4. The maximum atomic E-state index is 13.1. The van der Waals surface area contributed by atoms with Gasteiger partial charge in [-0.1, -0.05) is 30.3 Å². The third kappa shape index (κ3) is 3.09. The first-order valence-corrected chi connectivity index (χ1v) is 7.97. The minimum Gasteiger partial charge on any atom is -0.337 e. The lowest BCUT2D eigenvalue weighted by Gasteiger charge is -2.41. The van der Waals surface area contributed by atoms with Gasteiger partial charge in [-0.25, -0.2) is 0 Å². The van der Waals surface area contributed by atoms with E-state index in [0.717, 1.165) is 6.54 Å². The lowest BCUT2D eigenvalue weighted by Crippen LogP contribution is -2.57. The molecule has 23 heavy (non-hydrogen) atoms. The Morgan fingerprint density at radius 3 is 2.39 bits per heavy atom. The van der Waals surface area contributed by atoms with Crippen molar-refractivity contribution in [3.8, 4) is 0 Å². The summed E-state index contributed by atoms with van der Waals surface area (Å²) in [6.07, 6.45) is -4.55. The Morgan fingerprint density at radius 1 is 1.22 bits per heavy atom. The highest BCUT2D eigenvalue weighted by Gasteiger charge is 2.69.